The summed E-state index contributed by atoms with van der Waals surface area (Å²) in [5.41, 5.74) is 3.48. The monoisotopic (exact) mass is 555 g/mol. The minimum Gasteiger partial charge on any atom is -0.463 e. The Balaban J connectivity index is 1.33. The van der Waals surface area contributed by atoms with E-state index in [0.29, 0.717) is 42.3 Å². The van der Waals surface area contributed by atoms with E-state index in [1.165, 1.54) is 18.9 Å². The molecule has 0 bridgehead atoms. The van der Waals surface area contributed by atoms with Gasteiger partial charge in [0.1, 0.15) is 5.54 Å². The molecule has 1 aromatic heterocycles. The zero-order valence-corrected chi connectivity index (χ0v) is 23.7. The molecule has 8 nitrogen and oxygen atoms in total. The van der Waals surface area contributed by atoms with Crippen molar-refractivity contribution in [2.45, 2.75) is 69.7 Å². The number of hydrogen-bond donors (Lipinski definition) is 2. The van der Waals surface area contributed by atoms with Crippen molar-refractivity contribution < 1.29 is 23.9 Å². The second-order valence-corrected chi connectivity index (χ2v) is 11.1. The third-order valence-electron chi connectivity index (χ3n) is 8.54. The summed E-state index contributed by atoms with van der Waals surface area (Å²) in [6.07, 6.45) is 11.2. The van der Waals surface area contributed by atoms with Crippen molar-refractivity contribution >= 4 is 46.7 Å². The molecule has 2 aromatic carbocycles. The number of aromatic nitrogens is 1. The molecule has 5 rings (SSSR count). The maximum absolute atomic E-state index is 13.5. The van der Waals surface area contributed by atoms with Crippen LogP contribution in [0, 0.1) is 0 Å². The van der Waals surface area contributed by atoms with Crippen molar-refractivity contribution in [1.82, 2.24) is 9.88 Å². The average molecular weight is 556 g/mol. The van der Waals surface area contributed by atoms with E-state index in [1.807, 2.05) is 23.7 Å². The maximum atomic E-state index is 13.5. The van der Waals surface area contributed by atoms with Crippen LogP contribution in [0.4, 0.5) is 5.69 Å². The highest BCUT2D eigenvalue weighted by Crippen LogP contribution is 2.41. The molecular weight excluding hydrogens is 518 g/mol. The van der Waals surface area contributed by atoms with Crippen LogP contribution in [0.15, 0.2) is 48.5 Å². The van der Waals surface area contributed by atoms with Crippen molar-refractivity contribution in [3.8, 4) is 0 Å². The molecule has 0 saturated heterocycles. The van der Waals surface area contributed by atoms with Gasteiger partial charge in [-0.15, -0.1) is 0 Å². The second kappa shape index (κ2) is 12.1. The van der Waals surface area contributed by atoms with Crippen LogP contribution in [0.2, 0.25) is 0 Å². The lowest BCUT2D eigenvalue weighted by atomic mass is 9.93. The molecule has 0 atom stereocenters. The number of aldehydes is 1. The summed E-state index contributed by atoms with van der Waals surface area (Å²) >= 11 is 0. The number of esters is 1. The highest BCUT2D eigenvalue weighted by atomic mass is 16.5. The van der Waals surface area contributed by atoms with E-state index in [2.05, 4.69) is 10.6 Å². The van der Waals surface area contributed by atoms with Gasteiger partial charge in [-0.2, -0.15) is 0 Å². The number of nitrogens with zero attached hydrogens (tertiary/aromatic N) is 1. The molecule has 0 unspecified atom stereocenters. The summed E-state index contributed by atoms with van der Waals surface area (Å²) in [4.78, 5) is 50.6. The molecule has 8 heteroatoms. The van der Waals surface area contributed by atoms with Gasteiger partial charge in [0.15, 0.2) is 6.29 Å². The largest absolute Gasteiger partial charge is 0.463 e. The number of benzene rings is 2. The van der Waals surface area contributed by atoms with Gasteiger partial charge in [-0.3, -0.25) is 14.4 Å². The lowest BCUT2D eigenvalue weighted by molar-refractivity contribution is -0.137. The van der Waals surface area contributed by atoms with Gasteiger partial charge in [0.25, 0.3) is 5.91 Å². The topological polar surface area (TPSA) is 106 Å². The van der Waals surface area contributed by atoms with Crippen LogP contribution >= 0.6 is 0 Å². The number of ether oxygens (including phenoxy) is 1. The first-order chi connectivity index (χ1) is 19.8. The highest BCUT2D eigenvalue weighted by Gasteiger charge is 2.42. The Labute approximate surface area is 240 Å². The summed E-state index contributed by atoms with van der Waals surface area (Å²) in [5.74, 6) is -0.593. The number of nitrogens with one attached hydrogen (secondary N) is 2. The third kappa shape index (κ3) is 5.82. The zero-order chi connectivity index (χ0) is 29.0. The number of amides is 2. The summed E-state index contributed by atoms with van der Waals surface area (Å²) in [6, 6.07) is 12.7. The van der Waals surface area contributed by atoms with Crippen LogP contribution in [0.1, 0.15) is 96.2 Å². The van der Waals surface area contributed by atoms with Crippen molar-refractivity contribution in [2.75, 3.05) is 11.9 Å². The Bertz CT molecular complexity index is 1490. The Hall–Kier alpha value is -4.20. The molecule has 214 valence electrons. The van der Waals surface area contributed by atoms with E-state index in [1.54, 1.807) is 43.3 Å². The maximum Gasteiger partial charge on any atom is 0.330 e. The van der Waals surface area contributed by atoms with E-state index in [-0.39, 0.29) is 11.8 Å². The van der Waals surface area contributed by atoms with Crippen LogP contribution in [0.5, 0.6) is 0 Å². The number of fused-ring (bicyclic) bond motifs is 1. The standard InChI is InChI=1S/C33H37N3O5/c1-3-41-29(38)17-12-22-10-14-25(15-11-22)34-32(40)33(18-6-7-19-33)35-31(39)24-13-16-26-27(20-24)36(2)28(21-37)30(26)23-8-4-5-9-23/h10-17,20-21,23H,3-9,18-19H2,1-2H3,(H,34,40)(H,35,39). The molecule has 2 aliphatic rings. The van der Waals surface area contributed by atoms with Gasteiger partial charge in [-0.25, -0.2) is 4.79 Å². The quantitative estimate of drug-likeness (QED) is 0.194. The zero-order valence-electron chi connectivity index (χ0n) is 23.7. The van der Waals surface area contributed by atoms with Crippen LogP contribution < -0.4 is 10.6 Å². The third-order valence-corrected chi connectivity index (χ3v) is 8.54. The molecule has 2 N–H and O–H groups in total. The Morgan fingerprint density at radius 3 is 2.39 bits per heavy atom. The number of aryl methyl sites for hydroxylation is 1. The van der Waals surface area contributed by atoms with Crippen molar-refractivity contribution in [2.24, 2.45) is 7.05 Å². The minimum atomic E-state index is -1.01. The summed E-state index contributed by atoms with van der Waals surface area (Å²) in [5, 5.41) is 7.06. The fraction of sp³-hybridized carbons (Fsp3) is 0.394. The van der Waals surface area contributed by atoms with Crippen molar-refractivity contribution in [3.05, 3.63) is 70.9 Å². The second-order valence-electron chi connectivity index (χ2n) is 11.1. The predicted molar refractivity (Wildman–Crippen MR) is 159 cm³/mol. The Morgan fingerprint density at radius 1 is 1.02 bits per heavy atom. The first kappa shape index (κ1) is 28.3. The van der Waals surface area contributed by atoms with Crippen molar-refractivity contribution in [1.29, 1.82) is 0 Å². The molecule has 0 aliphatic heterocycles. The molecule has 3 aromatic rings. The fourth-order valence-electron chi connectivity index (χ4n) is 6.37. The first-order valence-corrected chi connectivity index (χ1v) is 14.5. The summed E-state index contributed by atoms with van der Waals surface area (Å²) in [6.45, 7) is 2.07. The molecule has 41 heavy (non-hydrogen) atoms. The summed E-state index contributed by atoms with van der Waals surface area (Å²) < 4.78 is 6.78. The Kier molecular flexibility index (Phi) is 8.38. The van der Waals surface area contributed by atoms with E-state index < -0.39 is 11.5 Å². The highest BCUT2D eigenvalue weighted by molar-refractivity contribution is 6.06. The molecule has 2 saturated carbocycles. The van der Waals surface area contributed by atoms with Gasteiger partial charge in [0, 0.05) is 35.3 Å². The smallest absolute Gasteiger partial charge is 0.330 e. The number of rotatable bonds is 9. The first-order valence-electron chi connectivity index (χ1n) is 14.5. The summed E-state index contributed by atoms with van der Waals surface area (Å²) in [7, 11) is 1.87. The molecule has 0 spiro atoms. The van der Waals surface area contributed by atoms with Crippen LogP contribution in [0.3, 0.4) is 0 Å². The Morgan fingerprint density at radius 2 is 1.73 bits per heavy atom. The van der Waals surface area contributed by atoms with E-state index >= 15 is 0 Å². The van der Waals surface area contributed by atoms with E-state index in [0.717, 1.165) is 54.0 Å². The predicted octanol–water partition coefficient (Wildman–Crippen LogP) is 5.91. The van der Waals surface area contributed by atoms with Crippen LogP contribution in [-0.2, 0) is 21.4 Å². The van der Waals surface area contributed by atoms with Gasteiger partial charge < -0.3 is 19.9 Å². The van der Waals surface area contributed by atoms with Gasteiger partial charge >= 0.3 is 5.97 Å². The van der Waals surface area contributed by atoms with Crippen LogP contribution in [0.25, 0.3) is 17.0 Å². The fourth-order valence-corrected chi connectivity index (χ4v) is 6.37. The lowest BCUT2D eigenvalue weighted by Gasteiger charge is -2.29. The van der Waals surface area contributed by atoms with Crippen molar-refractivity contribution in [3.63, 3.8) is 0 Å². The van der Waals surface area contributed by atoms with Crippen LogP contribution in [-0.4, -0.2) is 40.8 Å². The molecular formula is C33H37N3O5. The van der Waals surface area contributed by atoms with Gasteiger partial charge in [0.2, 0.25) is 5.91 Å². The van der Waals surface area contributed by atoms with Gasteiger partial charge in [0.05, 0.1) is 12.3 Å². The van der Waals surface area contributed by atoms with Gasteiger partial charge in [-0.1, -0.05) is 43.9 Å². The average Bonchev–Trinajstić information content (AvgIpc) is 3.73. The number of carbonyl (C=O) groups is 4. The number of anilines is 1. The molecule has 2 fully saturated rings. The van der Waals surface area contributed by atoms with E-state index in [4.69, 9.17) is 4.74 Å². The number of hydrogen-bond acceptors (Lipinski definition) is 5. The van der Waals surface area contributed by atoms with Gasteiger partial charge in [-0.05, 0) is 80.0 Å². The lowest BCUT2D eigenvalue weighted by Crippen LogP contribution is -2.55. The SMILES string of the molecule is CCOC(=O)C=Cc1ccc(NC(=O)C2(NC(=O)c3ccc4c(C5CCCC5)c(C=O)n(C)c4c3)CCCC2)cc1. The normalized spacial score (nSPS) is 16.7. The number of carbonyl (C=O) groups excluding carboxylic acids is 4. The molecule has 2 aliphatic carbocycles. The molecule has 1 heterocycles. The minimum absolute atomic E-state index is 0.245. The molecule has 2 amide bonds. The molecule has 0 radical (unpaired) electrons. The van der Waals surface area contributed by atoms with E-state index in [9.17, 15) is 19.2 Å².